The Balaban J connectivity index is 0.00000261. The number of aliphatic imine (C=N–C) groups is 1. The van der Waals surface area contributed by atoms with Crippen LogP contribution in [0.1, 0.15) is 31.2 Å². The van der Waals surface area contributed by atoms with Gasteiger partial charge >= 0.3 is 0 Å². The van der Waals surface area contributed by atoms with Gasteiger partial charge in [0, 0.05) is 52.6 Å². The highest BCUT2D eigenvalue weighted by Gasteiger charge is 2.36. The van der Waals surface area contributed by atoms with E-state index in [1.165, 1.54) is 30.5 Å². The largest absolute Gasteiger partial charge is 0.385 e. The second kappa shape index (κ2) is 10.9. The first kappa shape index (κ1) is 22.0. The van der Waals surface area contributed by atoms with Crippen molar-refractivity contribution in [2.75, 3.05) is 45.3 Å². The van der Waals surface area contributed by atoms with Gasteiger partial charge in [-0.05, 0) is 42.4 Å². The molecule has 0 spiro atoms. The quantitative estimate of drug-likeness (QED) is 0.257. The number of nitrogens with one attached hydrogen (secondary N) is 2. The summed E-state index contributed by atoms with van der Waals surface area (Å²) in [6.07, 6.45) is 9.46. The maximum atomic E-state index is 5.28. The minimum absolute atomic E-state index is 0. The van der Waals surface area contributed by atoms with Crippen LogP contribution < -0.4 is 15.5 Å². The van der Waals surface area contributed by atoms with Crippen LogP contribution >= 0.6 is 24.0 Å². The molecular weight excluding hydrogens is 451 g/mol. The molecule has 2 aliphatic rings. The molecule has 2 N–H and O–H groups in total. The van der Waals surface area contributed by atoms with Gasteiger partial charge in [0.15, 0.2) is 5.96 Å². The summed E-state index contributed by atoms with van der Waals surface area (Å²) in [5.74, 6) is 0.877. The molecule has 0 radical (unpaired) electrons. The van der Waals surface area contributed by atoms with Gasteiger partial charge in [-0.1, -0.05) is 30.7 Å². The monoisotopic (exact) mass is 484 g/mol. The number of hydrogen-bond donors (Lipinski definition) is 2. The highest BCUT2D eigenvalue weighted by atomic mass is 127. The lowest BCUT2D eigenvalue weighted by Crippen LogP contribution is -2.46. The lowest BCUT2D eigenvalue weighted by atomic mass is 9.67. The summed E-state index contributed by atoms with van der Waals surface area (Å²) in [6.45, 7) is 4.59. The van der Waals surface area contributed by atoms with Gasteiger partial charge < -0.3 is 20.3 Å². The molecule has 0 atom stereocenters. The molecule has 0 aromatic heterocycles. The average Bonchev–Trinajstić information content (AvgIpc) is 3.18. The van der Waals surface area contributed by atoms with Crippen LogP contribution in [0.15, 0.2) is 41.4 Å². The Kier molecular flexibility index (Phi) is 8.89. The second-order valence-electron chi connectivity index (χ2n) is 7.42. The molecule has 1 fully saturated rings. The van der Waals surface area contributed by atoms with Crippen molar-refractivity contribution in [3.05, 3.63) is 42.0 Å². The summed E-state index contributed by atoms with van der Waals surface area (Å²) in [5.41, 5.74) is 2.94. The molecule has 27 heavy (non-hydrogen) atoms. The number of methoxy groups -OCH3 is 1. The Bertz CT molecular complexity index is 635. The van der Waals surface area contributed by atoms with E-state index in [9.17, 15) is 0 Å². The van der Waals surface area contributed by atoms with E-state index in [0.29, 0.717) is 5.41 Å². The minimum Gasteiger partial charge on any atom is -0.385 e. The number of nitrogens with zero attached hydrogens (tertiary/aromatic N) is 2. The third-order valence-electron chi connectivity index (χ3n) is 5.66. The van der Waals surface area contributed by atoms with E-state index < -0.39 is 0 Å². The summed E-state index contributed by atoms with van der Waals surface area (Å²) in [4.78, 5) is 6.76. The molecular formula is C21H33IN4O. The zero-order valence-electron chi connectivity index (χ0n) is 16.5. The number of rotatable bonds is 8. The zero-order chi connectivity index (χ0) is 18.2. The van der Waals surface area contributed by atoms with Crippen molar-refractivity contribution >= 4 is 35.6 Å². The van der Waals surface area contributed by atoms with E-state index in [2.05, 4.69) is 56.9 Å². The predicted molar refractivity (Wildman–Crippen MR) is 124 cm³/mol. The van der Waals surface area contributed by atoms with Crippen LogP contribution in [0.5, 0.6) is 0 Å². The van der Waals surface area contributed by atoms with Gasteiger partial charge in [0.2, 0.25) is 0 Å². The standard InChI is InChI=1S/C21H32N4O.HI/c1-22-20(24-17-21(9-6-10-21)11-14-26-2)23-16-18-7-5-8-19(15-18)25-12-3-4-13-25;/h3-5,7-8,15H,6,9-14,16-17H2,1-2H3,(H2,22,23,24);1H. The molecule has 0 amide bonds. The molecule has 6 heteroatoms. The molecule has 1 saturated carbocycles. The number of benzene rings is 1. The van der Waals surface area contributed by atoms with Gasteiger partial charge in [0.05, 0.1) is 0 Å². The maximum Gasteiger partial charge on any atom is 0.191 e. The van der Waals surface area contributed by atoms with E-state index in [1.54, 1.807) is 7.11 Å². The van der Waals surface area contributed by atoms with E-state index in [-0.39, 0.29) is 24.0 Å². The maximum absolute atomic E-state index is 5.28. The van der Waals surface area contributed by atoms with Gasteiger partial charge in [-0.3, -0.25) is 4.99 Å². The lowest BCUT2D eigenvalue weighted by molar-refractivity contribution is 0.0732. The second-order valence-corrected chi connectivity index (χ2v) is 7.42. The van der Waals surface area contributed by atoms with E-state index >= 15 is 0 Å². The van der Waals surface area contributed by atoms with E-state index in [4.69, 9.17) is 4.74 Å². The molecule has 1 aromatic rings. The molecule has 3 rings (SSSR count). The molecule has 1 aromatic carbocycles. The first-order valence-corrected chi connectivity index (χ1v) is 9.67. The van der Waals surface area contributed by atoms with E-state index in [0.717, 1.165) is 45.2 Å². The fourth-order valence-corrected chi connectivity index (χ4v) is 3.74. The summed E-state index contributed by atoms with van der Waals surface area (Å²) >= 11 is 0. The van der Waals surface area contributed by atoms with Gasteiger partial charge in [-0.2, -0.15) is 0 Å². The normalized spacial score (nSPS) is 18.0. The van der Waals surface area contributed by atoms with Crippen molar-refractivity contribution in [3.8, 4) is 0 Å². The highest BCUT2D eigenvalue weighted by molar-refractivity contribution is 14.0. The van der Waals surface area contributed by atoms with Crippen LogP contribution in [-0.4, -0.2) is 46.4 Å². The zero-order valence-corrected chi connectivity index (χ0v) is 18.9. The summed E-state index contributed by atoms with van der Waals surface area (Å²) < 4.78 is 5.28. The van der Waals surface area contributed by atoms with Crippen molar-refractivity contribution in [3.63, 3.8) is 0 Å². The van der Waals surface area contributed by atoms with E-state index in [1.807, 2.05) is 7.05 Å². The van der Waals surface area contributed by atoms with Crippen LogP contribution in [0.2, 0.25) is 0 Å². The molecule has 5 nitrogen and oxygen atoms in total. The van der Waals surface area contributed by atoms with Gasteiger partial charge in [-0.15, -0.1) is 24.0 Å². The average molecular weight is 484 g/mol. The Morgan fingerprint density at radius 3 is 2.63 bits per heavy atom. The molecule has 0 saturated heterocycles. The number of guanidine groups is 1. The third kappa shape index (κ3) is 6.10. The Morgan fingerprint density at radius 2 is 2.00 bits per heavy atom. The number of hydrogen-bond acceptors (Lipinski definition) is 3. The predicted octanol–water partition coefficient (Wildman–Crippen LogP) is 3.55. The molecule has 1 aliphatic carbocycles. The fraction of sp³-hybridized carbons (Fsp3) is 0.571. The summed E-state index contributed by atoms with van der Waals surface area (Å²) in [5, 5.41) is 6.98. The van der Waals surface area contributed by atoms with Crippen molar-refractivity contribution in [1.82, 2.24) is 10.6 Å². The molecule has 1 heterocycles. The van der Waals surface area contributed by atoms with Gasteiger partial charge in [0.25, 0.3) is 0 Å². The number of halogens is 1. The SMILES string of the molecule is CN=C(NCc1cccc(N2CC=CC2)c1)NCC1(CCOC)CCC1.I. The summed E-state index contributed by atoms with van der Waals surface area (Å²) in [7, 11) is 3.62. The van der Waals surface area contributed by atoms with Gasteiger partial charge in [0.1, 0.15) is 0 Å². The molecule has 150 valence electrons. The van der Waals surface area contributed by atoms with Crippen LogP contribution in [0.25, 0.3) is 0 Å². The van der Waals surface area contributed by atoms with Crippen molar-refractivity contribution < 1.29 is 4.74 Å². The van der Waals surface area contributed by atoms with Crippen molar-refractivity contribution in [2.45, 2.75) is 32.2 Å². The Morgan fingerprint density at radius 1 is 1.22 bits per heavy atom. The van der Waals surface area contributed by atoms with Gasteiger partial charge in [-0.25, -0.2) is 0 Å². The number of anilines is 1. The van der Waals surface area contributed by atoms with Crippen LogP contribution in [0.3, 0.4) is 0 Å². The van der Waals surface area contributed by atoms with Crippen LogP contribution in [-0.2, 0) is 11.3 Å². The highest BCUT2D eigenvalue weighted by Crippen LogP contribution is 2.43. The lowest BCUT2D eigenvalue weighted by Gasteiger charge is -2.42. The van der Waals surface area contributed by atoms with Crippen molar-refractivity contribution in [1.29, 1.82) is 0 Å². The van der Waals surface area contributed by atoms with Crippen LogP contribution in [0.4, 0.5) is 5.69 Å². The summed E-state index contributed by atoms with van der Waals surface area (Å²) in [6, 6.07) is 8.74. The molecule has 0 unspecified atom stereocenters. The fourth-order valence-electron chi connectivity index (χ4n) is 3.74. The number of ether oxygens (including phenoxy) is 1. The Hall–Kier alpha value is -1.28. The van der Waals surface area contributed by atoms with Crippen LogP contribution in [0, 0.1) is 5.41 Å². The molecule has 0 bridgehead atoms. The third-order valence-corrected chi connectivity index (χ3v) is 5.66. The van der Waals surface area contributed by atoms with Crippen molar-refractivity contribution in [2.24, 2.45) is 10.4 Å². The topological polar surface area (TPSA) is 48.9 Å². The minimum atomic E-state index is 0. The first-order chi connectivity index (χ1) is 12.7. The molecule has 1 aliphatic heterocycles. The Labute approximate surface area is 180 Å². The first-order valence-electron chi connectivity index (χ1n) is 9.67. The smallest absolute Gasteiger partial charge is 0.191 e.